The highest BCUT2D eigenvalue weighted by Crippen LogP contribution is 2.24. The first-order valence-electron chi connectivity index (χ1n) is 10.6. The van der Waals surface area contributed by atoms with Gasteiger partial charge in [0.1, 0.15) is 17.9 Å². The largest absolute Gasteiger partial charge is 0.497 e. The Morgan fingerprint density at radius 1 is 1.00 bits per heavy atom. The fourth-order valence-electron chi connectivity index (χ4n) is 3.45. The first kappa shape index (κ1) is 24.5. The minimum atomic E-state index is -0.525. The third kappa shape index (κ3) is 6.22. The molecule has 9 nitrogen and oxygen atoms in total. The molecule has 2 aromatic carbocycles. The zero-order valence-corrected chi connectivity index (χ0v) is 19.2. The summed E-state index contributed by atoms with van der Waals surface area (Å²) in [6.45, 7) is 1.64. The highest BCUT2D eigenvalue weighted by Gasteiger charge is 2.14. The van der Waals surface area contributed by atoms with E-state index in [0.717, 1.165) is 16.5 Å². The van der Waals surface area contributed by atoms with Gasteiger partial charge < -0.3 is 24.5 Å². The lowest BCUT2D eigenvalue weighted by Gasteiger charge is -2.10. The fourth-order valence-corrected chi connectivity index (χ4v) is 3.45. The van der Waals surface area contributed by atoms with Crippen molar-refractivity contribution in [2.45, 2.75) is 26.2 Å². The number of carbonyl (C=O) groups is 3. The Kier molecular flexibility index (Phi) is 8.02. The van der Waals surface area contributed by atoms with Crippen LogP contribution in [-0.4, -0.2) is 38.5 Å². The number of amides is 2. The maximum absolute atomic E-state index is 12.5. The minimum absolute atomic E-state index is 0.0914. The van der Waals surface area contributed by atoms with E-state index in [4.69, 9.17) is 9.15 Å². The number of hydrogen-bond donors (Lipinski definition) is 2. The van der Waals surface area contributed by atoms with E-state index in [0.29, 0.717) is 22.6 Å². The molecule has 0 aliphatic heterocycles. The summed E-state index contributed by atoms with van der Waals surface area (Å²) >= 11 is 0. The number of anilines is 1. The van der Waals surface area contributed by atoms with Gasteiger partial charge in [-0.05, 0) is 48.7 Å². The quantitative estimate of drug-likeness (QED) is 0.367. The van der Waals surface area contributed by atoms with Gasteiger partial charge in [0, 0.05) is 29.1 Å². The lowest BCUT2D eigenvalue weighted by Crippen LogP contribution is -2.31. The summed E-state index contributed by atoms with van der Waals surface area (Å²) in [4.78, 5) is 47.8. The van der Waals surface area contributed by atoms with Gasteiger partial charge in [-0.1, -0.05) is 12.1 Å². The van der Waals surface area contributed by atoms with Crippen LogP contribution in [0.15, 0.2) is 51.7 Å². The predicted octanol–water partition coefficient (Wildman–Crippen LogP) is 2.51. The van der Waals surface area contributed by atoms with Crippen molar-refractivity contribution < 1.29 is 28.3 Å². The van der Waals surface area contributed by atoms with Gasteiger partial charge in [-0.25, -0.2) is 4.79 Å². The number of ether oxygens (including phenoxy) is 2. The summed E-state index contributed by atoms with van der Waals surface area (Å²) in [5, 5.41) is 6.04. The molecular formula is C25H26N2O7. The Morgan fingerprint density at radius 3 is 2.41 bits per heavy atom. The first-order valence-corrected chi connectivity index (χ1v) is 10.6. The molecule has 0 bridgehead atoms. The molecule has 0 atom stereocenters. The van der Waals surface area contributed by atoms with Crippen molar-refractivity contribution in [3.05, 3.63) is 69.6 Å². The third-order valence-corrected chi connectivity index (χ3v) is 5.36. The molecule has 1 aromatic heterocycles. The number of carbonyl (C=O) groups excluding carboxylic acids is 3. The summed E-state index contributed by atoms with van der Waals surface area (Å²) in [6.07, 6.45) is 0.430. The Hall–Kier alpha value is -4.14. The van der Waals surface area contributed by atoms with E-state index in [1.54, 1.807) is 36.4 Å². The topological polar surface area (TPSA) is 124 Å². The lowest BCUT2D eigenvalue weighted by atomic mass is 10.0. The van der Waals surface area contributed by atoms with Crippen LogP contribution in [0.1, 0.15) is 23.1 Å². The second kappa shape index (κ2) is 11.1. The number of methoxy groups -OCH3 is 2. The van der Waals surface area contributed by atoms with Gasteiger partial charge in [0.15, 0.2) is 0 Å². The summed E-state index contributed by atoms with van der Waals surface area (Å²) < 4.78 is 15.1. The molecule has 3 rings (SSSR count). The van der Waals surface area contributed by atoms with Crippen molar-refractivity contribution >= 4 is 34.4 Å². The van der Waals surface area contributed by atoms with Gasteiger partial charge >= 0.3 is 11.6 Å². The number of aryl methyl sites for hydroxylation is 1. The second-order valence-corrected chi connectivity index (χ2v) is 7.63. The van der Waals surface area contributed by atoms with E-state index < -0.39 is 11.6 Å². The molecule has 1 heterocycles. The molecule has 9 heteroatoms. The van der Waals surface area contributed by atoms with Crippen LogP contribution in [-0.2, 0) is 32.0 Å². The van der Waals surface area contributed by atoms with Crippen LogP contribution in [0.4, 0.5) is 5.69 Å². The van der Waals surface area contributed by atoms with Gasteiger partial charge in [-0.3, -0.25) is 14.4 Å². The molecule has 0 unspecified atom stereocenters. The van der Waals surface area contributed by atoms with E-state index in [-0.39, 0.29) is 37.6 Å². The first-order chi connectivity index (χ1) is 16.3. The zero-order chi connectivity index (χ0) is 24.7. The predicted molar refractivity (Wildman–Crippen MR) is 126 cm³/mol. The smallest absolute Gasteiger partial charge is 0.339 e. The fraction of sp³-hybridized carbons (Fsp3) is 0.280. The van der Waals surface area contributed by atoms with Crippen molar-refractivity contribution in [3.8, 4) is 5.75 Å². The monoisotopic (exact) mass is 466 g/mol. The van der Waals surface area contributed by atoms with Gasteiger partial charge in [0.2, 0.25) is 11.8 Å². The summed E-state index contributed by atoms with van der Waals surface area (Å²) in [7, 11) is 2.79. The third-order valence-electron chi connectivity index (χ3n) is 5.36. The van der Waals surface area contributed by atoms with E-state index in [1.807, 2.05) is 13.0 Å². The molecule has 0 fully saturated rings. The summed E-state index contributed by atoms with van der Waals surface area (Å²) in [5.41, 5.74) is 2.49. The Labute approximate surface area is 196 Å². The Balaban J connectivity index is 1.57. The number of esters is 1. The standard InChI is InChI=1S/C25H26N2O7/c1-15-19-9-8-18(32-2)13-21(19)34-25(31)20(15)10-11-22(28)27-17-6-4-16(5-7-17)12-23(29)26-14-24(30)33-3/h4-9,13H,10-12,14H2,1-3H3,(H,26,29)(H,27,28). The summed E-state index contributed by atoms with van der Waals surface area (Å²) in [6, 6.07) is 12.1. The van der Waals surface area contributed by atoms with Crippen LogP contribution in [0.5, 0.6) is 5.75 Å². The Morgan fingerprint density at radius 2 is 1.74 bits per heavy atom. The molecule has 34 heavy (non-hydrogen) atoms. The zero-order valence-electron chi connectivity index (χ0n) is 19.2. The molecule has 0 aliphatic carbocycles. The molecule has 0 aliphatic rings. The van der Waals surface area contributed by atoms with Crippen molar-refractivity contribution in [2.75, 3.05) is 26.1 Å². The Bertz CT molecular complexity index is 1260. The van der Waals surface area contributed by atoms with Crippen molar-refractivity contribution in [1.29, 1.82) is 0 Å². The average molecular weight is 466 g/mol. The van der Waals surface area contributed by atoms with Gasteiger partial charge in [-0.15, -0.1) is 0 Å². The van der Waals surface area contributed by atoms with Crippen LogP contribution < -0.4 is 21.0 Å². The van der Waals surface area contributed by atoms with Crippen molar-refractivity contribution in [3.63, 3.8) is 0 Å². The average Bonchev–Trinajstić information content (AvgIpc) is 2.83. The number of benzene rings is 2. The normalized spacial score (nSPS) is 10.6. The van der Waals surface area contributed by atoms with E-state index in [1.165, 1.54) is 14.2 Å². The second-order valence-electron chi connectivity index (χ2n) is 7.63. The van der Waals surface area contributed by atoms with E-state index in [2.05, 4.69) is 15.4 Å². The summed E-state index contributed by atoms with van der Waals surface area (Å²) in [5.74, 6) is -0.499. The van der Waals surface area contributed by atoms with Gasteiger partial charge in [0.05, 0.1) is 20.6 Å². The molecule has 2 N–H and O–H groups in total. The van der Waals surface area contributed by atoms with E-state index >= 15 is 0 Å². The number of hydrogen-bond acceptors (Lipinski definition) is 7. The molecule has 178 valence electrons. The van der Waals surface area contributed by atoms with Crippen LogP contribution in [0, 0.1) is 6.92 Å². The maximum atomic E-state index is 12.5. The molecule has 3 aromatic rings. The highest BCUT2D eigenvalue weighted by atomic mass is 16.5. The molecule has 0 spiro atoms. The molecule has 0 radical (unpaired) electrons. The van der Waals surface area contributed by atoms with Crippen LogP contribution in [0.3, 0.4) is 0 Å². The molecule has 2 amide bonds. The minimum Gasteiger partial charge on any atom is -0.497 e. The number of nitrogens with one attached hydrogen (secondary N) is 2. The molecule has 0 saturated carbocycles. The maximum Gasteiger partial charge on any atom is 0.339 e. The molecule has 0 saturated heterocycles. The number of fused-ring (bicyclic) bond motifs is 1. The lowest BCUT2D eigenvalue weighted by molar-refractivity contribution is -0.141. The van der Waals surface area contributed by atoms with Crippen LogP contribution in [0.2, 0.25) is 0 Å². The van der Waals surface area contributed by atoms with Crippen molar-refractivity contribution in [1.82, 2.24) is 5.32 Å². The van der Waals surface area contributed by atoms with Gasteiger partial charge in [0.25, 0.3) is 0 Å². The number of rotatable bonds is 9. The van der Waals surface area contributed by atoms with Crippen LogP contribution >= 0.6 is 0 Å². The van der Waals surface area contributed by atoms with Crippen molar-refractivity contribution in [2.24, 2.45) is 0 Å². The highest BCUT2D eigenvalue weighted by molar-refractivity contribution is 5.91. The SMILES string of the molecule is COC(=O)CNC(=O)Cc1ccc(NC(=O)CCc2c(C)c3ccc(OC)cc3oc2=O)cc1. The van der Waals surface area contributed by atoms with Crippen LogP contribution in [0.25, 0.3) is 11.0 Å². The van der Waals surface area contributed by atoms with Gasteiger partial charge in [-0.2, -0.15) is 0 Å². The molecular weight excluding hydrogens is 440 g/mol. The van der Waals surface area contributed by atoms with E-state index in [9.17, 15) is 19.2 Å².